The molecule has 0 radical (unpaired) electrons. The molecule has 0 bridgehead atoms. The van der Waals surface area contributed by atoms with Crippen LogP contribution < -0.4 is 10.2 Å². The van der Waals surface area contributed by atoms with Gasteiger partial charge >= 0.3 is 6.03 Å². The number of nitrogens with zero attached hydrogens (tertiary/aromatic N) is 2. The molecule has 154 valence electrons. The number of piperazine rings is 1. The minimum atomic E-state index is -0.0459. The van der Waals surface area contributed by atoms with E-state index in [-0.39, 0.29) is 22.6 Å². The maximum Gasteiger partial charge on any atom is 0.317 e. The minimum absolute atomic E-state index is 0.0169. The molecule has 2 N–H and O–H groups in total. The number of hydrogen-bond acceptors (Lipinski definition) is 3. The number of benzene rings is 1. The molecule has 2 fully saturated rings. The molecule has 6 nitrogen and oxygen atoms in total. The third kappa shape index (κ3) is 4.93. The molecule has 2 aliphatic heterocycles. The van der Waals surface area contributed by atoms with Crippen LogP contribution in [0.25, 0.3) is 0 Å². The van der Waals surface area contributed by atoms with Crippen LogP contribution in [-0.4, -0.2) is 72.8 Å². The van der Waals surface area contributed by atoms with Crippen molar-refractivity contribution < 1.29 is 14.5 Å². The van der Waals surface area contributed by atoms with Crippen molar-refractivity contribution in [3.8, 4) is 0 Å². The van der Waals surface area contributed by atoms with Gasteiger partial charge in [0.15, 0.2) is 0 Å². The first kappa shape index (κ1) is 21.3. The summed E-state index contributed by atoms with van der Waals surface area (Å²) >= 11 is 8.06. The van der Waals surface area contributed by atoms with Crippen molar-refractivity contribution in [2.45, 2.75) is 30.9 Å². The molecule has 1 aromatic rings. The van der Waals surface area contributed by atoms with Crippen molar-refractivity contribution in [1.82, 2.24) is 15.1 Å². The van der Waals surface area contributed by atoms with Gasteiger partial charge in [0.1, 0.15) is 5.37 Å². The second kappa shape index (κ2) is 9.85. The van der Waals surface area contributed by atoms with Gasteiger partial charge in [0.25, 0.3) is 0 Å². The Kier molecular flexibility index (Phi) is 7.48. The third-order valence-corrected chi connectivity index (χ3v) is 7.13. The van der Waals surface area contributed by atoms with Gasteiger partial charge in [-0.25, -0.2) is 4.79 Å². The molecular weight excluding hydrogens is 396 g/mol. The number of carbonyl (C=O) groups is 2. The standard InChI is InChI=1S/C20H29ClN4O2S/c1-3-8-22-20(27)24-12-9-23(10-13-24)11-14-25-18(26)15(2)28-19(25)16-6-4-5-7-17(16)21/h4-7,15,19H,3,8-14H2,1-2H3,(H,22,27)/p+1/t15-,19-/m1/s1. The molecule has 3 amide bonds. The Bertz CT molecular complexity index is 697. The van der Waals surface area contributed by atoms with E-state index in [4.69, 9.17) is 11.6 Å². The Hall–Kier alpha value is -1.44. The molecule has 1 aromatic carbocycles. The summed E-state index contributed by atoms with van der Waals surface area (Å²) in [5, 5.41) is 3.59. The molecule has 2 heterocycles. The van der Waals surface area contributed by atoms with Crippen LogP contribution in [0.2, 0.25) is 5.02 Å². The van der Waals surface area contributed by atoms with Gasteiger partial charge in [-0.3, -0.25) is 4.79 Å². The highest BCUT2D eigenvalue weighted by molar-refractivity contribution is 8.01. The van der Waals surface area contributed by atoms with Gasteiger partial charge in [-0.1, -0.05) is 36.7 Å². The van der Waals surface area contributed by atoms with E-state index in [2.05, 4.69) is 12.2 Å². The first-order chi connectivity index (χ1) is 13.5. The average Bonchev–Trinajstić information content (AvgIpc) is 2.99. The largest absolute Gasteiger partial charge is 0.338 e. The van der Waals surface area contributed by atoms with Crippen molar-refractivity contribution in [1.29, 1.82) is 0 Å². The lowest BCUT2D eigenvalue weighted by molar-refractivity contribution is -0.903. The lowest BCUT2D eigenvalue weighted by Gasteiger charge is -2.33. The number of rotatable bonds is 6. The zero-order valence-corrected chi connectivity index (χ0v) is 18.2. The number of nitrogens with one attached hydrogen (secondary N) is 2. The highest BCUT2D eigenvalue weighted by atomic mass is 35.5. The zero-order valence-electron chi connectivity index (χ0n) is 16.6. The quantitative estimate of drug-likeness (QED) is 0.728. The average molecular weight is 426 g/mol. The summed E-state index contributed by atoms with van der Waals surface area (Å²) in [6.45, 7) is 9.71. The van der Waals surface area contributed by atoms with Gasteiger partial charge in [-0.15, -0.1) is 11.8 Å². The first-order valence-corrected chi connectivity index (χ1v) is 11.4. The molecule has 3 rings (SSSR count). The molecule has 2 atom stereocenters. The van der Waals surface area contributed by atoms with Crippen molar-refractivity contribution in [3.63, 3.8) is 0 Å². The molecule has 28 heavy (non-hydrogen) atoms. The van der Waals surface area contributed by atoms with Crippen LogP contribution in [0.3, 0.4) is 0 Å². The van der Waals surface area contributed by atoms with Crippen molar-refractivity contribution in [2.24, 2.45) is 0 Å². The highest BCUT2D eigenvalue weighted by Gasteiger charge is 2.39. The number of carbonyl (C=O) groups excluding carboxylic acids is 2. The third-order valence-electron chi connectivity index (χ3n) is 5.41. The molecule has 0 unspecified atom stereocenters. The highest BCUT2D eigenvalue weighted by Crippen LogP contribution is 2.44. The summed E-state index contributed by atoms with van der Waals surface area (Å²) in [6.07, 6.45) is 0.948. The summed E-state index contributed by atoms with van der Waals surface area (Å²) in [5.41, 5.74) is 1.01. The zero-order chi connectivity index (χ0) is 20.1. The molecular formula is C20H30ClN4O2S+. The van der Waals surface area contributed by atoms with E-state index in [1.54, 1.807) is 11.8 Å². The Morgan fingerprint density at radius 1 is 1.32 bits per heavy atom. The topological polar surface area (TPSA) is 57.1 Å². The molecule has 0 aliphatic carbocycles. The van der Waals surface area contributed by atoms with E-state index in [1.165, 1.54) is 4.90 Å². The number of amides is 3. The van der Waals surface area contributed by atoms with Crippen LogP contribution in [0.4, 0.5) is 4.79 Å². The summed E-state index contributed by atoms with van der Waals surface area (Å²) in [7, 11) is 0. The van der Waals surface area contributed by atoms with Crippen molar-refractivity contribution in [2.75, 3.05) is 45.8 Å². The lowest BCUT2D eigenvalue weighted by atomic mass is 10.2. The fourth-order valence-electron chi connectivity index (χ4n) is 3.72. The van der Waals surface area contributed by atoms with E-state index in [0.717, 1.165) is 51.3 Å². The van der Waals surface area contributed by atoms with E-state index < -0.39 is 0 Å². The molecule has 2 saturated heterocycles. The maximum absolute atomic E-state index is 12.7. The minimum Gasteiger partial charge on any atom is -0.338 e. The van der Waals surface area contributed by atoms with Crippen LogP contribution in [0.15, 0.2) is 24.3 Å². The summed E-state index contributed by atoms with van der Waals surface area (Å²) in [4.78, 5) is 30.1. The van der Waals surface area contributed by atoms with E-state index in [0.29, 0.717) is 11.6 Å². The van der Waals surface area contributed by atoms with E-state index in [9.17, 15) is 9.59 Å². The first-order valence-electron chi connectivity index (χ1n) is 10.1. The smallest absolute Gasteiger partial charge is 0.317 e. The maximum atomic E-state index is 12.7. The van der Waals surface area contributed by atoms with Crippen molar-refractivity contribution in [3.05, 3.63) is 34.9 Å². The molecule has 0 saturated carbocycles. The summed E-state index contributed by atoms with van der Waals surface area (Å²) < 4.78 is 0. The molecule has 0 aromatic heterocycles. The molecule has 0 spiro atoms. The van der Waals surface area contributed by atoms with E-state index in [1.807, 2.05) is 41.0 Å². The van der Waals surface area contributed by atoms with Gasteiger partial charge in [-0.2, -0.15) is 0 Å². The monoisotopic (exact) mass is 425 g/mol. The predicted molar refractivity (Wildman–Crippen MR) is 114 cm³/mol. The van der Waals surface area contributed by atoms with Crippen LogP contribution >= 0.6 is 23.4 Å². The normalized spacial score (nSPS) is 23.3. The van der Waals surface area contributed by atoms with Gasteiger partial charge in [0.2, 0.25) is 5.91 Å². The van der Waals surface area contributed by atoms with Gasteiger partial charge in [0, 0.05) is 17.1 Å². The number of quaternary nitrogens is 1. The fraction of sp³-hybridized carbons (Fsp3) is 0.600. The Balaban J connectivity index is 1.54. The Labute approximate surface area is 176 Å². The number of halogens is 1. The second-order valence-corrected chi connectivity index (χ2v) is 9.24. The predicted octanol–water partition coefficient (Wildman–Crippen LogP) is 1.62. The van der Waals surface area contributed by atoms with Gasteiger partial charge in [0.05, 0.1) is 44.5 Å². The number of hydrogen-bond donors (Lipinski definition) is 2. The van der Waals surface area contributed by atoms with Crippen molar-refractivity contribution >= 4 is 35.3 Å². The number of thioether (sulfide) groups is 1. The van der Waals surface area contributed by atoms with E-state index >= 15 is 0 Å². The Morgan fingerprint density at radius 2 is 2.04 bits per heavy atom. The summed E-state index contributed by atoms with van der Waals surface area (Å²) in [6, 6.07) is 7.83. The van der Waals surface area contributed by atoms with Gasteiger partial charge < -0.3 is 20.0 Å². The number of urea groups is 1. The van der Waals surface area contributed by atoms with Gasteiger partial charge in [-0.05, 0) is 19.4 Å². The summed E-state index contributed by atoms with van der Waals surface area (Å²) in [5.74, 6) is 0.187. The Morgan fingerprint density at radius 3 is 2.71 bits per heavy atom. The second-order valence-electron chi connectivity index (χ2n) is 7.40. The van der Waals surface area contributed by atoms with Crippen LogP contribution in [0.5, 0.6) is 0 Å². The van der Waals surface area contributed by atoms with Crippen LogP contribution in [0, 0.1) is 0 Å². The fourth-order valence-corrected chi connectivity index (χ4v) is 5.37. The SMILES string of the molecule is CCCNC(=O)N1CC[NH+](CCN2C(=O)[C@@H](C)S[C@@H]2c2ccccc2Cl)CC1. The molecule has 2 aliphatic rings. The molecule has 8 heteroatoms. The van der Waals surface area contributed by atoms with Crippen LogP contribution in [-0.2, 0) is 4.79 Å². The van der Waals surface area contributed by atoms with Crippen LogP contribution in [0.1, 0.15) is 31.2 Å². The lowest BCUT2D eigenvalue weighted by Crippen LogP contribution is -3.15.